The minimum atomic E-state index is -0.132. The lowest BCUT2D eigenvalue weighted by atomic mass is 9.79. The Balaban J connectivity index is 1.61. The molecule has 2 aliphatic rings. The molecule has 0 radical (unpaired) electrons. The zero-order valence-corrected chi connectivity index (χ0v) is 19.5. The van der Waals surface area contributed by atoms with Crippen molar-refractivity contribution in [3.8, 4) is 0 Å². The van der Waals surface area contributed by atoms with Crippen LogP contribution < -0.4 is 5.84 Å². The molecule has 3 heterocycles. The van der Waals surface area contributed by atoms with Crippen LogP contribution in [0.2, 0.25) is 0 Å². The molecule has 1 aromatic heterocycles. The summed E-state index contributed by atoms with van der Waals surface area (Å²) in [5.74, 6) is 5.65. The molecule has 8 heteroatoms. The minimum absolute atomic E-state index is 0.0599. The zero-order chi connectivity index (χ0) is 21.6. The number of methoxy groups -OCH3 is 2. The van der Waals surface area contributed by atoms with Gasteiger partial charge < -0.3 is 20.1 Å². The van der Waals surface area contributed by atoms with Gasteiger partial charge in [-0.2, -0.15) is 5.10 Å². The van der Waals surface area contributed by atoms with Crippen LogP contribution >= 0.6 is 11.3 Å². The number of rotatable bonds is 9. The molecule has 2 aliphatic heterocycles. The number of aliphatic imine (C=N–C) groups is 1. The van der Waals surface area contributed by atoms with E-state index < -0.39 is 0 Å². The summed E-state index contributed by atoms with van der Waals surface area (Å²) in [6, 6.07) is 2.77. The number of fused-ring (bicyclic) bond motifs is 2. The van der Waals surface area contributed by atoms with E-state index >= 15 is 0 Å². The topological polar surface area (TPSA) is 81.7 Å². The molecular formula is C22H36N4O3S. The summed E-state index contributed by atoms with van der Waals surface area (Å²) in [5.41, 5.74) is 2.09. The van der Waals surface area contributed by atoms with Gasteiger partial charge in [0.1, 0.15) is 0 Å². The molecule has 0 aliphatic carbocycles. The van der Waals surface area contributed by atoms with Crippen molar-refractivity contribution in [3.05, 3.63) is 21.4 Å². The van der Waals surface area contributed by atoms with Gasteiger partial charge in [0.15, 0.2) is 0 Å². The van der Waals surface area contributed by atoms with Crippen molar-refractivity contribution < 1.29 is 14.2 Å². The number of nitrogens with zero attached hydrogens (tertiary/aromatic N) is 3. The first-order chi connectivity index (χ1) is 14.5. The smallest absolute Gasteiger partial charge is 0.0999 e. The molecule has 2 N–H and O–H groups in total. The highest BCUT2D eigenvalue weighted by atomic mass is 32.1. The number of piperidine rings is 1. The number of aryl methyl sites for hydroxylation is 1. The van der Waals surface area contributed by atoms with E-state index in [0.717, 1.165) is 44.5 Å². The molecule has 0 saturated carbocycles. The standard InChI is InChI=1S/C22H36N4O3S/c1-5-19-10-20-21(30-19)6-9-29-22(20)7-8-26(16(2)11-22)14-17(25-23)12-24-13-18(28-4)15-27-3/h10,12,16,18H,5-9,11,13-15,23H2,1-4H3/b24-12?,25-17+/t16-,18?,22+/m0/s1. The van der Waals surface area contributed by atoms with Crippen LogP contribution in [0.4, 0.5) is 0 Å². The number of nitrogens with two attached hydrogens (primary N) is 1. The number of thiophene rings is 1. The largest absolute Gasteiger partial charge is 0.382 e. The van der Waals surface area contributed by atoms with Gasteiger partial charge in [0.25, 0.3) is 0 Å². The summed E-state index contributed by atoms with van der Waals surface area (Å²) in [4.78, 5) is 9.88. The number of hydrogen-bond donors (Lipinski definition) is 1. The normalized spacial score (nSPS) is 26.4. The van der Waals surface area contributed by atoms with Crippen LogP contribution in [-0.2, 0) is 32.7 Å². The SMILES string of the molecule is CCc1cc2c(s1)CCO[C@@]21CCN(C/C(C=NCC(COC)OC)=N/N)[C@@H](C)C1. The quantitative estimate of drug-likeness (QED) is 0.366. The van der Waals surface area contributed by atoms with Crippen molar-refractivity contribution in [2.75, 3.05) is 47.1 Å². The number of hydrogen-bond acceptors (Lipinski definition) is 8. The van der Waals surface area contributed by atoms with E-state index in [2.05, 4.69) is 34.9 Å². The van der Waals surface area contributed by atoms with E-state index in [4.69, 9.17) is 20.1 Å². The van der Waals surface area contributed by atoms with Gasteiger partial charge in [-0.1, -0.05) is 6.92 Å². The van der Waals surface area contributed by atoms with Gasteiger partial charge >= 0.3 is 0 Å². The van der Waals surface area contributed by atoms with E-state index in [1.807, 2.05) is 11.3 Å². The summed E-state index contributed by atoms with van der Waals surface area (Å²) in [7, 11) is 3.32. The second-order valence-corrected chi connectivity index (χ2v) is 9.42. The van der Waals surface area contributed by atoms with Crippen LogP contribution in [0.1, 0.15) is 42.0 Å². The Hall–Kier alpha value is -1.32. The summed E-state index contributed by atoms with van der Waals surface area (Å²) in [5, 5.41) is 3.96. The fourth-order valence-corrected chi connectivity index (χ4v) is 5.67. The predicted molar refractivity (Wildman–Crippen MR) is 123 cm³/mol. The van der Waals surface area contributed by atoms with Gasteiger partial charge in [-0.15, -0.1) is 11.3 Å². The third-order valence-corrected chi connectivity index (χ3v) is 7.56. The first kappa shape index (κ1) is 23.3. The molecule has 168 valence electrons. The number of hydrazone groups is 1. The van der Waals surface area contributed by atoms with Crippen LogP contribution in [0.15, 0.2) is 16.2 Å². The molecule has 1 unspecified atom stereocenters. The molecule has 30 heavy (non-hydrogen) atoms. The molecule has 1 aromatic rings. The molecule has 1 spiro atoms. The van der Waals surface area contributed by atoms with E-state index in [-0.39, 0.29) is 11.7 Å². The molecule has 0 amide bonds. The Morgan fingerprint density at radius 2 is 2.33 bits per heavy atom. The molecule has 3 atom stereocenters. The Kier molecular flexibility index (Phi) is 8.42. The molecule has 0 bridgehead atoms. The average Bonchev–Trinajstić information content (AvgIpc) is 3.19. The summed E-state index contributed by atoms with van der Waals surface area (Å²) in [6.45, 7) is 8.01. The summed E-state index contributed by atoms with van der Waals surface area (Å²) < 4.78 is 16.9. The maximum absolute atomic E-state index is 6.44. The maximum atomic E-state index is 6.44. The Bertz CT molecular complexity index is 751. The molecule has 1 fully saturated rings. The zero-order valence-electron chi connectivity index (χ0n) is 18.7. The molecule has 1 saturated heterocycles. The van der Waals surface area contributed by atoms with Crippen molar-refractivity contribution in [1.29, 1.82) is 0 Å². The van der Waals surface area contributed by atoms with Gasteiger partial charge in [0, 0.05) is 55.7 Å². The third kappa shape index (κ3) is 5.29. The predicted octanol–water partition coefficient (Wildman–Crippen LogP) is 2.61. The van der Waals surface area contributed by atoms with Crippen molar-refractivity contribution in [3.63, 3.8) is 0 Å². The van der Waals surface area contributed by atoms with Crippen LogP contribution in [0, 0.1) is 0 Å². The van der Waals surface area contributed by atoms with E-state index in [0.29, 0.717) is 25.7 Å². The maximum Gasteiger partial charge on any atom is 0.0999 e. The van der Waals surface area contributed by atoms with Gasteiger partial charge in [-0.05, 0) is 37.8 Å². The number of ether oxygens (including phenoxy) is 3. The van der Waals surface area contributed by atoms with E-state index in [1.165, 1.54) is 15.3 Å². The molecular weight excluding hydrogens is 400 g/mol. The fourth-order valence-electron chi connectivity index (χ4n) is 4.49. The average molecular weight is 437 g/mol. The van der Waals surface area contributed by atoms with Crippen molar-refractivity contribution >= 4 is 23.3 Å². The van der Waals surface area contributed by atoms with E-state index in [1.54, 1.807) is 20.4 Å². The lowest BCUT2D eigenvalue weighted by molar-refractivity contribution is -0.108. The highest BCUT2D eigenvalue weighted by Crippen LogP contribution is 2.46. The monoisotopic (exact) mass is 436 g/mol. The summed E-state index contributed by atoms with van der Waals surface area (Å²) in [6.07, 6.45) is 5.84. The highest BCUT2D eigenvalue weighted by molar-refractivity contribution is 7.12. The van der Waals surface area contributed by atoms with Crippen LogP contribution in [0.25, 0.3) is 0 Å². The molecule has 0 aromatic carbocycles. The van der Waals surface area contributed by atoms with Crippen LogP contribution in [0.5, 0.6) is 0 Å². The van der Waals surface area contributed by atoms with E-state index in [9.17, 15) is 0 Å². The Morgan fingerprint density at radius 3 is 3.00 bits per heavy atom. The molecule has 3 rings (SSSR count). The van der Waals surface area contributed by atoms with Crippen LogP contribution in [-0.4, -0.2) is 76.0 Å². The van der Waals surface area contributed by atoms with Gasteiger partial charge in [0.05, 0.1) is 37.2 Å². The van der Waals surface area contributed by atoms with Gasteiger partial charge in [0.2, 0.25) is 0 Å². The molecule has 7 nitrogen and oxygen atoms in total. The first-order valence-corrected chi connectivity index (χ1v) is 11.6. The van der Waals surface area contributed by atoms with Crippen molar-refractivity contribution in [2.45, 2.75) is 57.3 Å². The fraction of sp³-hybridized carbons (Fsp3) is 0.727. The summed E-state index contributed by atoms with van der Waals surface area (Å²) >= 11 is 1.97. The van der Waals surface area contributed by atoms with Gasteiger partial charge in [-0.25, -0.2) is 0 Å². The minimum Gasteiger partial charge on any atom is -0.382 e. The van der Waals surface area contributed by atoms with Crippen LogP contribution in [0.3, 0.4) is 0 Å². The second kappa shape index (κ2) is 10.8. The lowest BCUT2D eigenvalue weighted by Gasteiger charge is -2.47. The van der Waals surface area contributed by atoms with Crippen molar-refractivity contribution in [2.24, 2.45) is 15.9 Å². The Morgan fingerprint density at radius 1 is 1.50 bits per heavy atom. The highest BCUT2D eigenvalue weighted by Gasteiger charge is 2.44. The first-order valence-electron chi connectivity index (χ1n) is 10.8. The lowest BCUT2D eigenvalue weighted by Crippen LogP contribution is -2.51. The Labute approximate surface area is 184 Å². The third-order valence-electron chi connectivity index (χ3n) is 6.22. The number of likely N-dealkylation sites (tertiary alicyclic amines) is 1. The van der Waals surface area contributed by atoms with Gasteiger partial charge in [-0.3, -0.25) is 9.89 Å². The van der Waals surface area contributed by atoms with Crippen molar-refractivity contribution in [1.82, 2.24) is 4.90 Å². The second-order valence-electron chi connectivity index (χ2n) is 8.20.